The molecule has 0 spiro atoms. The molecule has 2 aliphatic rings. The van der Waals surface area contributed by atoms with Gasteiger partial charge in [0.25, 0.3) is 0 Å². The third-order valence-corrected chi connectivity index (χ3v) is 4.27. The van der Waals surface area contributed by atoms with E-state index in [0.29, 0.717) is 31.6 Å². The average molecular weight is 293 g/mol. The van der Waals surface area contributed by atoms with E-state index in [4.69, 9.17) is 9.84 Å². The summed E-state index contributed by atoms with van der Waals surface area (Å²) >= 11 is 0. The number of fused-ring (bicyclic) bond motifs is 2. The summed E-state index contributed by atoms with van der Waals surface area (Å²) in [5.41, 5.74) is 0.759. The molecular formula is C15H16FNO4. The fourth-order valence-corrected chi connectivity index (χ4v) is 3.32. The van der Waals surface area contributed by atoms with Crippen LogP contribution in [-0.2, 0) is 9.53 Å². The van der Waals surface area contributed by atoms with E-state index < -0.39 is 11.9 Å². The summed E-state index contributed by atoms with van der Waals surface area (Å²) in [5, 5.41) is 10.8. The number of halogens is 1. The van der Waals surface area contributed by atoms with E-state index in [0.717, 1.165) is 0 Å². The molecule has 1 heterocycles. The number of carbonyl (C=O) groups is 2. The Balaban J connectivity index is 1.81. The van der Waals surface area contributed by atoms with Gasteiger partial charge in [-0.05, 0) is 36.5 Å². The van der Waals surface area contributed by atoms with E-state index in [-0.39, 0.29) is 29.2 Å². The Hall–Kier alpha value is -1.95. The van der Waals surface area contributed by atoms with Gasteiger partial charge in [0, 0.05) is 17.5 Å². The molecule has 1 aliphatic heterocycles. The molecular weight excluding hydrogens is 277 g/mol. The minimum Gasteiger partial charge on any atom is -0.465 e. The summed E-state index contributed by atoms with van der Waals surface area (Å²) in [5.74, 6) is -0.486. The minimum absolute atomic E-state index is 0.0134. The first-order valence-corrected chi connectivity index (χ1v) is 6.95. The topological polar surface area (TPSA) is 75.6 Å². The maximum Gasteiger partial charge on any atom is 0.409 e. The predicted octanol–water partition coefficient (Wildman–Crippen LogP) is 2.62. The zero-order chi connectivity index (χ0) is 15.0. The molecule has 112 valence electrons. The summed E-state index contributed by atoms with van der Waals surface area (Å²) in [6.45, 7) is 0.845. The molecule has 0 aromatic heterocycles. The highest BCUT2D eigenvalue weighted by atomic mass is 19.1. The second-order valence-corrected chi connectivity index (χ2v) is 5.67. The van der Waals surface area contributed by atoms with Crippen LogP contribution < -0.4 is 5.32 Å². The quantitative estimate of drug-likeness (QED) is 0.879. The Morgan fingerprint density at radius 1 is 1.24 bits per heavy atom. The molecule has 1 saturated carbocycles. The molecule has 2 fully saturated rings. The highest BCUT2D eigenvalue weighted by Crippen LogP contribution is 2.41. The monoisotopic (exact) mass is 293 g/mol. The number of carbonyl (C=O) groups excluding carboxylic acids is 1. The number of Topliss-reactive ketones (excluding diaryl/α,β-unsaturated/α-hetero) is 1. The zero-order valence-electron chi connectivity index (χ0n) is 11.3. The smallest absolute Gasteiger partial charge is 0.409 e. The first kappa shape index (κ1) is 14.0. The number of rotatable bonds is 2. The van der Waals surface area contributed by atoms with Crippen molar-refractivity contribution in [3.63, 3.8) is 0 Å². The number of anilines is 1. The number of hydrogen-bond acceptors (Lipinski definition) is 3. The highest BCUT2D eigenvalue weighted by molar-refractivity contribution is 5.85. The number of benzene rings is 1. The molecule has 1 aromatic rings. The van der Waals surface area contributed by atoms with Gasteiger partial charge in [-0.3, -0.25) is 10.1 Å². The maximum absolute atomic E-state index is 14.2. The van der Waals surface area contributed by atoms with Crippen LogP contribution in [-0.4, -0.2) is 30.2 Å². The molecule has 21 heavy (non-hydrogen) atoms. The lowest BCUT2D eigenvalue weighted by atomic mass is 9.71. The van der Waals surface area contributed by atoms with Crippen molar-refractivity contribution in [1.29, 1.82) is 0 Å². The maximum atomic E-state index is 14.2. The molecule has 2 N–H and O–H groups in total. The summed E-state index contributed by atoms with van der Waals surface area (Å²) in [6, 6.07) is 4.35. The normalized spacial score (nSPS) is 28.2. The number of ketones is 1. The Morgan fingerprint density at radius 2 is 1.90 bits per heavy atom. The lowest BCUT2D eigenvalue weighted by Crippen LogP contribution is -2.42. The van der Waals surface area contributed by atoms with E-state index >= 15 is 0 Å². The van der Waals surface area contributed by atoms with Crippen molar-refractivity contribution in [2.24, 2.45) is 11.8 Å². The second kappa shape index (κ2) is 5.44. The van der Waals surface area contributed by atoms with Crippen LogP contribution in [0.25, 0.3) is 0 Å². The molecule has 1 aromatic carbocycles. The summed E-state index contributed by atoms with van der Waals surface area (Å²) in [6.07, 6.45) is -0.0345. The van der Waals surface area contributed by atoms with E-state index in [9.17, 15) is 14.0 Å². The zero-order valence-corrected chi connectivity index (χ0v) is 11.3. The van der Waals surface area contributed by atoms with Crippen LogP contribution in [0.3, 0.4) is 0 Å². The average Bonchev–Trinajstić information content (AvgIpc) is 2.38. The van der Waals surface area contributed by atoms with Crippen molar-refractivity contribution in [2.75, 3.05) is 18.5 Å². The van der Waals surface area contributed by atoms with Crippen LogP contribution >= 0.6 is 0 Å². The third kappa shape index (κ3) is 2.76. The van der Waals surface area contributed by atoms with Crippen LogP contribution in [0.1, 0.15) is 24.3 Å². The van der Waals surface area contributed by atoms with Crippen LogP contribution in [0.15, 0.2) is 18.2 Å². The van der Waals surface area contributed by atoms with Gasteiger partial charge in [0.05, 0.1) is 13.2 Å². The first-order valence-electron chi connectivity index (χ1n) is 6.95. The highest BCUT2D eigenvalue weighted by Gasteiger charge is 2.40. The lowest BCUT2D eigenvalue weighted by Gasteiger charge is -2.37. The Morgan fingerprint density at radius 3 is 2.48 bits per heavy atom. The standard InChI is InChI=1S/C15H16FNO4/c16-13-5-11(17-15(19)20)1-2-12(13)8-3-9-6-21-7-10(4-8)14(9)18/h1-2,5,8-10,17H,3-4,6-7H2,(H,19,20). The predicted molar refractivity (Wildman–Crippen MR) is 72.8 cm³/mol. The molecule has 0 radical (unpaired) electrons. The SMILES string of the molecule is O=C(O)Nc1ccc(C2CC3COCC(C2)C3=O)c(F)c1. The number of hydrogen-bond donors (Lipinski definition) is 2. The van der Waals surface area contributed by atoms with Crippen molar-refractivity contribution >= 4 is 17.6 Å². The first-order chi connectivity index (χ1) is 10.0. The van der Waals surface area contributed by atoms with Crippen LogP contribution in [0.4, 0.5) is 14.9 Å². The van der Waals surface area contributed by atoms with Gasteiger partial charge in [-0.1, -0.05) is 6.07 Å². The Bertz CT molecular complexity index is 573. The number of carboxylic acid groups (broad SMARTS) is 1. The Kier molecular flexibility index (Phi) is 3.63. The van der Waals surface area contributed by atoms with E-state index in [1.165, 1.54) is 6.07 Å². The molecule has 1 amide bonds. The summed E-state index contributed by atoms with van der Waals surface area (Å²) in [7, 11) is 0. The van der Waals surface area contributed by atoms with E-state index in [2.05, 4.69) is 5.32 Å². The fourth-order valence-electron chi connectivity index (χ4n) is 3.32. The van der Waals surface area contributed by atoms with Gasteiger partial charge in [0.2, 0.25) is 0 Å². The fraction of sp³-hybridized carbons (Fsp3) is 0.467. The summed E-state index contributed by atoms with van der Waals surface area (Å²) in [4.78, 5) is 22.5. The minimum atomic E-state index is -1.22. The lowest BCUT2D eigenvalue weighted by molar-refractivity contribution is -0.141. The number of amides is 1. The number of nitrogens with one attached hydrogen (secondary N) is 1. The molecule has 3 rings (SSSR count). The molecule has 2 unspecified atom stereocenters. The molecule has 2 atom stereocenters. The van der Waals surface area contributed by atoms with Gasteiger partial charge in [0.1, 0.15) is 11.6 Å². The molecule has 6 heteroatoms. The molecule has 1 aliphatic carbocycles. The molecule has 1 saturated heterocycles. The van der Waals surface area contributed by atoms with Gasteiger partial charge in [0.15, 0.2) is 0 Å². The number of ether oxygens (including phenoxy) is 1. The van der Waals surface area contributed by atoms with E-state index in [1.807, 2.05) is 0 Å². The van der Waals surface area contributed by atoms with Gasteiger partial charge < -0.3 is 9.84 Å². The van der Waals surface area contributed by atoms with Gasteiger partial charge in [-0.2, -0.15) is 0 Å². The van der Waals surface area contributed by atoms with Crippen molar-refractivity contribution in [1.82, 2.24) is 0 Å². The van der Waals surface area contributed by atoms with Crippen molar-refractivity contribution in [2.45, 2.75) is 18.8 Å². The van der Waals surface area contributed by atoms with Gasteiger partial charge in [-0.25, -0.2) is 9.18 Å². The van der Waals surface area contributed by atoms with Crippen LogP contribution in [0.5, 0.6) is 0 Å². The third-order valence-electron chi connectivity index (χ3n) is 4.27. The van der Waals surface area contributed by atoms with E-state index in [1.54, 1.807) is 12.1 Å². The molecule has 5 nitrogen and oxygen atoms in total. The second-order valence-electron chi connectivity index (χ2n) is 5.67. The van der Waals surface area contributed by atoms with Gasteiger partial charge in [-0.15, -0.1) is 0 Å². The Labute approximate surface area is 121 Å². The largest absolute Gasteiger partial charge is 0.465 e. The van der Waals surface area contributed by atoms with Gasteiger partial charge >= 0.3 is 6.09 Å². The van der Waals surface area contributed by atoms with Crippen LogP contribution in [0, 0.1) is 17.7 Å². The van der Waals surface area contributed by atoms with Crippen molar-refractivity contribution in [3.8, 4) is 0 Å². The molecule has 2 bridgehead atoms. The van der Waals surface area contributed by atoms with Crippen LogP contribution in [0.2, 0.25) is 0 Å². The van der Waals surface area contributed by atoms with Crippen molar-refractivity contribution < 1.29 is 23.8 Å². The summed E-state index contributed by atoms with van der Waals surface area (Å²) < 4.78 is 19.6. The van der Waals surface area contributed by atoms with Crippen molar-refractivity contribution in [3.05, 3.63) is 29.6 Å².